The number of rotatable bonds is 7. The van der Waals surface area contributed by atoms with Gasteiger partial charge in [0.05, 0.1) is 14.2 Å². The first kappa shape index (κ1) is 17.8. The number of imidazole rings is 1. The number of piperazine rings is 1. The fraction of sp³-hybridized carbons (Fsp3) is 0.526. The van der Waals surface area contributed by atoms with Crippen LogP contribution in [0.25, 0.3) is 0 Å². The van der Waals surface area contributed by atoms with Crippen molar-refractivity contribution < 1.29 is 9.47 Å². The lowest BCUT2D eigenvalue weighted by molar-refractivity contribution is 0.124. The Balaban J connectivity index is 1.48. The van der Waals surface area contributed by atoms with Crippen LogP contribution in [-0.4, -0.2) is 66.3 Å². The first-order valence-corrected chi connectivity index (χ1v) is 8.82. The highest BCUT2D eigenvalue weighted by atomic mass is 16.5. The monoisotopic (exact) mass is 344 g/mol. The predicted octanol–water partition coefficient (Wildman–Crippen LogP) is 2.03. The maximum absolute atomic E-state index is 5.37. The fourth-order valence-corrected chi connectivity index (χ4v) is 3.28. The fourth-order valence-electron chi connectivity index (χ4n) is 3.28. The maximum atomic E-state index is 5.37. The van der Waals surface area contributed by atoms with Gasteiger partial charge in [-0.3, -0.25) is 9.80 Å². The van der Waals surface area contributed by atoms with Crippen molar-refractivity contribution in [1.29, 1.82) is 0 Å². The SMILES string of the molecule is COc1cc(CN2CCN(CCn3ccnc3C)CC2)cc(OC)c1. The minimum Gasteiger partial charge on any atom is -0.497 e. The summed E-state index contributed by atoms with van der Waals surface area (Å²) in [7, 11) is 3.39. The summed E-state index contributed by atoms with van der Waals surface area (Å²) in [6.45, 7) is 9.47. The standard InChI is InChI=1S/C19H28N4O2/c1-16-20-4-5-23(16)11-10-21-6-8-22(9-7-21)15-17-12-18(24-2)14-19(13-17)25-3/h4-5,12-14H,6-11,15H2,1-3H3. The van der Waals surface area contributed by atoms with E-state index in [0.717, 1.165) is 63.1 Å². The van der Waals surface area contributed by atoms with Gasteiger partial charge < -0.3 is 14.0 Å². The number of hydrogen-bond donors (Lipinski definition) is 0. The average Bonchev–Trinajstić information content (AvgIpc) is 3.05. The summed E-state index contributed by atoms with van der Waals surface area (Å²) >= 11 is 0. The highest BCUT2D eigenvalue weighted by Crippen LogP contribution is 2.23. The van der Waals surface area contributed by atoms with E-state index in [0.29, 0.717) is 0 Å². The van der Waals surface area contributed by atoms with Crippen LogP contribution in [0.5, 0.6) is 11.5 Å². The molecule has 1 saturated heterocycles. The van der Waals surface area contributed by atoms with Gasteiger partial charge in [-0.15, -0.1) is 0 Å². The zero-order valence-corrected chi connectivity index (χ0v) is 15.4. The van der Waals surface area contributed by atoms with Crippen LogP contribution in [0.2, 0.25) is 0 Å². The molecule has 6 nitrogen and oxygen atoms in total. The lowest BCUT2D eigenvalue weighted by Crippen LogP contribution is -2.46. The molecule has 0 aliphatic carbocycles. The topological polar surface area (TPSA) is 42.8 Å². The molecular formula is C19H28N4O2. The van der Waals surface area contributed by atoms with Gasteiger partial charge in [0.25, 0.3) is 0 Å². The lowest BCUT2D eigenvalue weighted by atomic mass is 10.1. The highest BCUT2D eigenvalue weighted by molar-refractivity contribution is 5.38. The number of aromatic nitrogens is 2. The number of methoxy groups -OCH3 is 2. The van der Waals surface area contributed by atoms with E-state index >= 15 is 0 Å². The van der Waals surface area contributed by atoms with E-state index in [1.54, 1.807) is 14.2 Å². The van der Waals surface area contributed by atoms with Gasteiger partial charge in [-0.2, -0.15) is 0 Å². The van der Waals surface area contributed by atoms with E-state index in [2.05, 4.69) is 44.6 Å². The minimum absolute atomic E-state index is 0.851. The van der Waals surface area contributed by atoms with E-state index < -0.39 is 0 Å². The zero-order chi connectivity index (χ0) is 17.6. The Morgan fingerprint density at radius 3 is 2.12 bits per heavy atom. The highest BCUT2D eigenvalue weighted by Gasteiger charge is 2.17. The number of aryl methyl sites for hydroxylation is 1. The maximum Gasteiger partial charge on any atom is 0.122 e. The second-order valence-corrected chi connectivity index (χ2v) is 6.51. The van der Waals surface area contributed by atoms with Gasteiger partial charge in [-0.1, -0.05) is 0 Å². The van der Waals surface area contributed by atoms with Gasteiger partial charge in [-0.25, -0.2) is 4.98 Å². The van der Waals surface area contributed by atoms with Gasteiger partial charge in [0.1, 0.15) is 17.3 Å². The second kappa shape index (κ2) is 8.36. The molecule has 0 spiro atoms. The summed E-state index contributed by atoms with van der Waals surface area (Å²) in [5.41, 5.74) is 1.23. The lowest BCUT2D eigenvalue weighted by Gasteiger charge is -2.34. The number of ether oxygens (including phenoxy) is 2. The molecule has 0 atom stereocenters. The summed E-state index contributed by atoms with van der Waals surface area (Å²) < 4.78 is 12.9. The van der Waals surface area contributed by atoms with Crippen LogP contribution >= 0.6 is 0 Å². The third-order valence-corrected chi connectivity index (χ3v) is 4.86. The molecule has 136 valence electrons. The largest absolute Gasteiger partial charge is 0.497 e. The molecule has 1 aliphatic heterocycles. The van der Waals surface area contributed by atoms with Crippen molar-refractivity contribution in [2.75, 3.05) is 46.9 Å². The van der Waals surface area contributed by atoms with Gasteiger partial charge in [0.15, 0.2) is 0 Å². The van der Waals surface area contributed by atoms with Crippen LogP contribution in [0.3, 0.4) is 0 Å². The predicted molar refractivity (Wildman–Crippen MR) is 98.2 cm³/mol. The molecule has 0 N–H and O–H groups in total. The first-order chi connectivity index (χ1) is 12.2. The zero-order valence-electron chi connectivity index (χ0n) is 15.4. The summed E-state index contributed by atoms with van der Waals surface area (Å²) in [5, 5.41) is 0. The molecule has 25 heavy (non-hydrogen) atoms. The van der Waals surface area contributed by atoms with Crippen molar-refractivity contribution in [2.45, 2.75) is 20.0 Å². The molecule has 1 aliphatic rings. The van der Waals surface area contributed by atoms with Gasteiger partial charge in [-0.05, 0) is 24.6 Å². The molecule has 0 unspecified atom stereocenters. The summed E-state index contributed by atoms with van der Waals surface area (Å²) in [6.07, 6.45) is 3.93. The van der Waals surface area contributed by atoms with Crippen molar-refractivity contribution in [1.82, 2.24) is 19.4 Å². The summed E-state index contributed by atoms with van der Waals surface area (Å²) in [6, 6.07) is 6.10. The van der Waals surface area contributed by atoms with Crippen LogP contribution in [0, 0.1) is 6.92 Å². The molecule has 2 heterocycles. The molecular weight excluding hydrogens is 316 g/mol. The molecule has 0 bridgehead atoms. The van der Waals surface area contributed by atoms with E-state index in [1.165, 1.54) is 5.56 Å². The Morgan fingerprint density at radius 1 is 0.920 bits per heavy atom. The molecule has 1 aromatic carbocycles. The normalized spacial score (nSPS) is 16.1. The van der Waals surface area contributed by atoms with Crippen LogP contribution < -0.4 is 9.47 Å². The second-order valence-electron chi connectivity index (χ2n) is 6.51. The van der Waals surface area contributed by atoms with Crippen LogP contribution in [0.1, 0.15) is 11.4 Å². The summed E-state index contributed by atoms with van der Waals surface area (Å²) in [4.78, 5) is 9.31. The Hall–Kier alpha value is -2.05. The minimum atomic E-state index is 0.851. The smallest absolute Gasteiger partial charge is 0.122 e. The quantitative estimate of drug-likeness (QED) is 0.769. The first-order valence-electron chi connectivity index (χ1n) is 8.82. The third kappa shape index (κ3) is 4.74. The van der Waals surface area contributed by atoms with Crippen molar-refractivity contribution in [3.8, 4) is 11.5 Å². The van der Waals surface area contributed by atoms with Gasteiger partial charge >= 0.3 is 0 Å². The van der Waals surface area contributed by atoms with Crippen molar-refractivity contribution >= 4 is 0 Å². The van der Waals surface area contributed by atoms with E-state index in [1.807, 2.05) is 12.3 Å². The van der Waals surface area contributed by atoms with E-state index in [-0.39, 0.29) is 0 Å². The Bertz CT molecular complexity index is 656. The molecule has 1 aromatic heterocycles. The molecule has 2 aromatic rings. The van der Waals surface area contributed by atoms with Crippen molar-refractivity contribution in [3.63, 3.8) is 0 Å². The van der Waals surface area contributed by atoms with E-state index in [9.17, 15) is 0 Å². The number of hydrogen-bond acceptors (Lipinski definition) is 5. The molecule has 3 rings (SSSR count). The van der Waals surface area contributed by atoms with Crippen molar-refractivity contribution in [3.05, 3.63) is 42.0 Å². The molecule has 0 amide bonds. The molecule has 6 heteroatoms. The van der Waals surface area contributed by atoms with Gasteiger partial charge in [0, 0.05) is 64.3 Å². The van der Waals surface area contributed by atoms with Crippen LogP contribution in [-0.2, 0) is 13.1 Å². The van der Waals surface area contributed by atoms with Gasteiger partial charge in [0.2, 0.25) is 0 Å². The van der Waals surface area contributed by atoms with Crippen LogP contribution in [0.15, 0.2) is 30.6 Å². The van der Waals surface area contributed by atoms with Crippen molar-refractivity contribution in [2.24, 2.45) is 0 Å². The average molecular weight is 344 g/mol. The van der Waals surface area contributed by atoms with Crippen LogP contribution in [0.4, 0.5) is 0 Å². The Morgan fingerprint density at radius 2 is 1.56 bits per heavy atom. The Kier molecular flexibility index (Phi) is 5.94. The third-order valence-electron chi connectivity index (χ3n) is 4.86. The molecule has 0 radical (unpaired) electrons. The number of benzene rings is 1. The van der Waals surface area contributed by atoms with E-state index in [4.69, 9.17) is 9.47 Å². The molecule has 0 saturated carbocycles. The summed E-state index contributed by atoms with van der Waals surface area (Å²) in [5.74, 6) is 2.79. The molecule has 1 fully saturated rings. The number of nitrogens with zero attached hydrogens (tertiary/aromatic N) is 4. The Labute approximate surface area is 150 Å².